The van der Waals surface area contributed by atoms with Crippen molar-refractivity contribution < 1.29 is 0 Å². The third kappa shape index (κ3) is 3.60. The summed E-state index contributed by atoms with van der Waals surface area (Å²) in [5.41, 5.74) is 4.97. The van der Waals surface area contributed by atoms with Crippen LogP contribution in [0.15, 0.2) is 85.5 Å². The molecule has 0 saturated carbocycles. The van der Waals surface area contributed by atoms with Gasteiger partial charge in [-0.15, -0.1) is 0 Å². The van der Waals surface area contributed by atoms with Gasteiger partial charge in [-0.2, -0.15) is 10.5 Å². The van der Waals surface area contributed by atoms with Gasteiger partial charge in [-0.3, -0.25) is 9.97 Å². The second-order valence-corrected chi connectivity index (χ2v) is 7.44. The van der Waals surface area contributed by atoms with Crippen molar-refractivity contribution in [2.75, 3.05) is 0 Å². The fourth-order valence-electron chi connectivity index (χ4n) is 4.04. The first-order valence-corrected chi connectivity index (χ1v) is 10.1. The van der Waals surface area contributed by atoms with Gasteiger partial charge in [0, 0.05) is 24.8 Å². The molecule has 5 rings (SSSR count). The monoisotopic (exact) mass is 404 g/mol. The Hall–Kier alpha value is -4.41. The van der Waals surface area contributed by atoms with Gasteiger partial charge in [-0.1, -0.05) is 70.4 Å². The Kier molecular flexibility index (Phi) is 5.12. The van der Waals surface area contributed by atoms with Crippen LogP contribution in [0.2, 0.25) is 0 Å². The molecule has 6 heteroatoms. The fourth-order valence-corrected chi connectivity index (χ4v) is 4.04. The molecule has 0 atom stereocenters. The van der Waals surface area contributed by atoms with E-state index in [1.807, 2.05) is 36.4 Å². The lowest BCUT2D eigenvalue weighted by atomic mass is 9.56. The Bertz CT molecular complexity index is 1390. The van der Waals surface area contributed by atoms with Gasteiger partial charge in [0.1, 0.15) is 12.1 Å². The summed E-state index contributed by atoms with van der Waals surface area (Å²) in [6.45, 7) is 0. The maximum atomic E-state index is 9.25. The minimum atomic E-state index is 0.530. The lowest BCUT2D eigenvalue weighted by molar-refractivity contribution is 1.32. The molecular weight excluding hydrogens is 390 g/mol. The summed E-state index contributed by atoms with van der Waals surface area (Å²) in [7, 11) is 4.17. The Balaban J connectivity index is 1.73. The van der Waals surface area contributed by atoms with E-state index in [2.05, 4.69) is 60.9 Å². The molecule has 0 spiro atoms. The number of hydrogen-bond acceptors (Lipinski definition) is 4. The molecular formula is C26H14B2N4. The van der Waals surface area contributed by atoms with Gasteiger partial charge in [-0.25, -0.2) is 0 Å². The van der Waals surface area contributed by atoms with Gasteiger partial charge in [0.15, 0.2) is 14.6 Å². The molecule has 0 aliphatic rings. The zero-order valence-corrected chi connectivity index (χ0v) is 17.0. The number of rotatable bonds is 4. The van der Waals surface area contributed by atoms with Crippen LogP contribution in [0, 0.1) is 22.7 Å². The molecule has 0 N–H and O–H groups in total. The predicted octanol–water partition coefficient (Wildman–Crippen LogP) is 1.84. The number of aromatic nitrogens is 2. The molecule has 144 valence electrons. The number of nitrogens with zero attached hydrogens (tertiary/aromatic N) is 4. The minimum absolute atomic E-state index is 0.530. The molecule has 3 aromatic carbocycles. The SMILES string of the molecule is N#Cc1cncc([B]c2c3ccccc3c([B]c3cncc(C#N)c3)c3ccccc23)c1. The number of benzene rings is 3. The first-order chi connectivity index (χ1) is 15.8. The molecule has 0 unspecified atom stereocenters. The van der Waals surface area contributed by atoms with Gasteiger partial charge in [0.2, 0.25) is 0 Å². The van der Waals surface area contributed by atoms with E-state index < -0.39 is 0 Å². The lowest BCUT2D eigenvalue weighted by Gasteiger charge is -2.17. The third-order valence-corrected chi connectivity index (χ3v) is 5.41. The average molecular weight is 404 g/mol. The molecule has 5 aromatic rings. The van der Waals surface area contributed by atoms with Crippen LogP contribution in [0.1, 0.15) is 11.1 Å². The summed E-state index contributed by atoms with van der Waals surface area (Å²) < 4.78 is 0. The molecule has 0 fully saturated rings. The highest BCUT2D eigenvalue weighted by Crippen LogP contribution is 2.19. The Morgan fingerprint density at radius 2 is 0.938 bits per heavy atom. The summed E-state index contributed by atoms with van der Waals surface area (Å²) >= 11 is 0. The number of hydrogen-bond donors (Lipinski definition) is 0. The van der Waals surface area contributed by atoms with E-state index in [1.165, 1.54) is 0 Å². The Morgan fingerprint density at radius 1 is 0.562 bits per heavy atom. The van der Waals surface area contributed by atoms with Crippen LogP contribution < -0.4 is 21.9 Å². The van der Waals surface area contributed by atoms with E-state index >= 15 is 0 Å². The maximum Gasteiger partial charge on any atom is 0.195 e. The van der Waals surface area contributed by atoms with E-state index in [1.54, 1.807) is 24.8 Å². The summed E-state index contributed by atoms with van der Waals surface area (Å²) in [5.74, 6) is 0. The van der Waals surface area contributed by atoms with Crippen molar-refractivity contribution >= 4 is 58.0 Å². The van der Waals surface area contributed by atoms with Crippen molar-refractivity contribution in [1.82, 2.24) is 9.97 Å². The summed E-state index contributed by atoms with van der Waals surface area (Å²) in [4.78, 5) is 8.42. The zero-order chi connectivity index (χ0) is 21.9. The van der Waals surface area contributed by atoms with Crippen LogP contribution in [0.4, 0.5) is 0 Å². The molecule has 4 nitrogen and oxygen atoms in total. The highest BCUT2D eigenvalue weighted by atomic mass is 14.6. The maximum absolute atomic E-state index is 9.25. The van der Waals surface area contributed by atoms with Gasteiger partial charge in [-0.05, 0) is 33.7 Å². The second kappa shape index (κ2) is 8.38. The molecule has 32 heavy (non-hydrogen) atoms. The van der Waals surface area contributed by atoms with Crippen LogP contribution in [-0.4, -0.2) is 24.5 Å². The topological polar surface area (TPSA) is 73.4 Å². The first-order valence-electron chi connectivity index (χ1n) is 10.1. The Labute approximate surface area is 187 Å². The summed E-state index contributed by atoms with van der Waals surface area (Å²) in [6.07, 6.45) is 6.66. The van der Waals surface area contributed by atoms with Crippen LogP contribution in [-0.2, 0) is 0 Å². The quantitative estimate of drug-likeness (QED) is 0.339. The molecule has 0 bridgehead atoms. The van der Waals surface area contributed by atoms with Gasteiger partial charge in [0.25, 0.3) is 0 Å². The van der Waals surface area contributed by atoms with Crippen LogP contribution >= 0.6 is 0 Å². The second-order valence-electron chi connectivity index (χ2n) is 7.44. The van der Waals surface area contributed by atoms with Crippen LogP contribution in [0.5, 0.6) is 0 Å². The smallest absolute Gasteiger partial charge is 0.195 e. The van der Waals surface area contributed by atoms with E-state index in [0.29, 0.717) is 11.1 Å². The fraction of sp³-hybridized carbons (Fsp3) is 0. The molecule has 0 aliphatic carbocycles. The van der Waals surface area contributed by atoms with Gasteiger partial charge in [0.05, 0.1) is 11.1 Å². The van der Waals surface area contributed by atoms with Crippen molar-refractivity contribution in [2.24, 2.45) is 0 Å². The molecule has 0 saturated heterocycles. The predicted molar refractivity (Wildman–Crippen MR) is 129 cm³/mol. The molecule has 0 amide bonds. The van der Waals surface area contributed by atoms with E-state index in [0.717, 1.165) is 43.4 Å². The highest BCUT2D eigenvalue weighted by Gasteiger charge is 2.16. The van der Waals surface area contributed by atoms with Gasteiger partial charge >= 0.3 is 0 Å². The number of fused-ring (bicyclic) bond motifs is 2. The molecule has 2 radical (unpaired) electrons. The van der Waals surface area contributed by atoms with Crippen molar-refractivity contribution in [3.8, 4) is 12.1 Å². The average Bonchev–Trinajstić information content (AvgIpc) is 2.86. The van der Waals surface area contributed by atoms with E-state index in [-0.39, 0.29) is 0 Å². The van der Waals surface area contributed by atoms with Crippen molar-refractivity contribution in [2.45, 2.75) is 0 Å². The highest BCUT2D eigenvalue weighted by molar-refractivity contribution is 6.77. The van der Waals surface area contributed by atoms with Crippen LogP contribution in [0.25, 0.3) is 21.5 Å². The van der Waals surface area contributed by atoms with Crippen molar-refractivity contribution in [3.63, 3.8) is 0 Å². The molecule has 0 aliphatic heterocycles. The third-order valence-electron chi connectivity index (χ3n) is 5.41. The van der Waals surface area contributed by atoms with Crippen molar-refractivity contribution in [1.29, 1.82) is 10.5 Å². The zero-order valence-electron chi connectivity index (χ0n) is 17.0. The number of pyridine rings is 2. The summed E-state index contributed by atoms with van der Waals surface area (Å²) in [6, 6.07) is 24.5. The summed E-state index contributed by atoms with van der Waals surface area (Å²) in [5, 5.41) is 22.9. The first kappa shape index (κ1) is 19.5. The normalized spacial score (nSPS) is 10.4. The number of nitriles is 2. The van der Waals surface area contributed by atoms with Crippen molar-refractivity contribution in [3.05, 3.63) is 96.6 Å². The molecule has 2 heterocycles. The van der Waals surface area contributed by atoms with E-state index in [4.69, 9.17) is 0 Å². The molecule has 2 aromatic heterocycles. The van der Waals surface area contributed by atoms with Crippen LogP contribution in [0.3, 0.4) is 0 Å². The lowest BCUT2D eigenvalue weighted by Crippen LogP contribution is -2.34. The van der Waals surface area contributed by atoms with E-state index in [9.17, 15) is 10.5 Å². The standard InChI is InChI=1S/C26H14B2N4/c29-11-17-9-19(15-31-13-17)27-25-21-5-1-2-6-22(21)26(24-8-4-3-7-23(24)25)28-20-10-18(12-30)14-32-16-20/h1-10,13-16H. The van der Waals surface area contributed by atoms with Gasteiger partial charge < -0.3 is 0 Å². The minimum Gasteiger partial charge on any atom is -0.264 e. The largest absolute Gasteiger partial charge is 0.264 e. The Morgan fingerprint density at radius 3 is 1.28 bits per heavy atom.